The van der Waals surface area contributed by atoms with Crippen LogP contribution >= 0.6 is 0 Å². The fourth-order valence-electron chi connectivity index (χ4n) is 3.53. The highest BCUT2D eigenvalue weighted by atomic mass is 19.1. The number of hydrogen-bond donors (Lipinski definition) is 2. The summed E-state index contributed by atoms with van der Waals surface area (Å²) in [5.74, 6) is -1.90. The minimum absolute atomic E-state index is 0.184. The van der Waals surface area contributed by atoms with Crippen LogP contribution in [0.2, 0.25) is 0 Å². The molecule has 7 nitrogen and oxygen atoms in total. The van der Waals surface area contributed by atoms with Crippen LogP contribution in [0.25, 0.3) is 0 Å². The van der Waals surface area contributed by atoms with Gasteiger partial charge in [-0.2, -0.15) is 0 Å². The number of carbonyl (C=O) groups excluding carboxylic acids is 2. The summed E-state index contributed by atoms with van der Waals surface area (Å²) >= 11 is 0. The number of ether oxygens (including phenoxy) is 1. The number of halogens is 2. The Morgan fingerprint density at radius 1 is 1.13 bits per heavy atom. The van der Waals surface area contributed by atoms with Crippen LogP contribution in [0, 0.1) is 18.6 Å². The van der Waals surface area contributed by atoms with Gasteiger partial charge in [-0.15, -0.1) is 0 Å². The number of nitrogens with one attached hydrogen (secondary N) is 2. The lowest BCUT2D eigenvalue weighted by molar-refractivity contribution is -0.122. The number of hydrogen-bond acceptors (Lipinski definition) is 5. The third kappa shape index (κ3) is 6.03. The van der Waals surface area contributed by atoms with Crippen molar-refractivity contribution in [3.05, 3.63) is 59.2 Å². The van der Waals surface area contributed by atoms with Gasteiger partial charge in [0, 0.05) is 31.8 Å². The van der Waals surface area contributed by atoms with Gasteiger partial charge in [-0.1, -0.05) is 0 Å². The van der Waals surface area contributed by atoms with Crippen molar-refractivity contribution in [1.82, 2.24) is 20.6 Å². The summed E-state index contributed by atoms with van der Waals surface area (Å²) in [6.45, 7) is 3.52. The molecule has 1 aromatic carbocycles. The van der Waals surface area contributed by atoms with Gasteiger partial charge in [0.2, 0.25) is 5.91 Å². The summed E-state index contributed by atoms with van der Waals surface area (Å²) in [7, 11) is 0. The van der Waals surface area contributed by atoms with E-state index in [9.17, 15) is 18.4 Å². The third-order valence-corrected chi connectivity index (χ3v) is 4.83. The predicted molar refractivity (Wildman–Crippen MR) is 105 cm³/mol. The monoisotopic (exact) mass is 418 g/mol. The number of carbonyl (C=O) groups is 2. The van der Waals surface area contributed by atoms with E-state index in [1.165, 1.54) is 31.5 Å². The zero-order valence-electron chi connectivity index (χ0n) is 16.8. The Morgan fingerprint density at radius 3 is 2.50 bits per heavy atom. The molecule has 1 fully saturated rings. The van der Waals surface area contributed by atoms with Gasteiger partial charge in [0.1, 0.15) is 17.3 Å². The molecule has 0 radical (unpaired) electrons. The van der Waals surface area contributed by atoms with E-state index in [1.54, 1.807) is 6.92 Å². The van der Waals surface area contributed by atoms with Gasteiger partial charge in [0.05, 0.1) is 24.1 Å². The van der Waals surface area contributed by atoms with Crippen LogP contribution in [0.1, 0.15) is 54.0 Å². The van der Waals surface area contributed by atoms with Crippen LogP contribution in [-0.4, -0.2) is 40.5 Å². The van der Waals surface area contributed by atoms with Crippen LogP contribution in [0.4, 0.5) is 8.78 Å². The van der Waals surface area contributed by atoms with Crippen molar-refractivity contribution in [2.45, 2.75) is 51.4 Å². The van der Waals surface area contributed by atoms with E-state index >= 15 is 0 Å². The lowest BCUT2D eigenvalue weighted by Crippen LogP contribution is -2.43. The Kier molecular flexibility index (Phi) is 7.04. The summed E-state index contributed by atoms with van der Waals surface area (Å²) in [4.78, 5) is 31.8. The molecule has 1 aliphatic rings. The first-order chi connectivity index (χ1) is 14.3. The molecule has 9 heteroatoms. The van der Waals surface area contributed by atoms with Gasteiger partial charge in [-0.3, -0.25) is 14.6 Å². The normalized spacial score (nSPS) is 21.1. The first-order valence-corrected chi connectivity index (χ1v) is 9.75. The molecule has 2 aromatic rings. The van der Waals surface area contributed by atoms with E-state index in [0.717, 1.165) is 6.07 Å². The van der Waals surface area contributed by atoms with Crippen LogP contribution in [0.5, 0.6) is 0 Å². The number of benzene rings is 1. The smallest absolute Gasteiger partial charge is 0.271 e. The lowest BCUT2D eigenvalue weighted by Gasteiger charge is -2.36. The van der Waals surface area contributed by atoms with Crippen LogP contribution in [0.15, 0.2) is 30.6 Å². The topological polar surface area (TPSA) is 93.2 Å². The minimum atomic E-state index is -0.682. The molecule has 0 unspecified atom stereocenters. The molecule has 0 spiro atoms. The predicted octanol–water partition coefficient (Wildman–Crippen LogP) is 2.61. The van der Waals surface area contributed by atoms with Gasteiger partial charge < -0.3 is 15.4 Å². The molecule has 3 rings (SSSR count). The van der Waals surface area contributed by atoms with Crippen molar-refractivity contribution >= 4 is 11.8 Å². The fourth-order valence-corrected chi connectivity index (χ4v) is 3.53. The fraction of sp³-hybridized carbons (Fsp3) is 0.429. The lowest BCUT2D eigenvalue weighted by atomic mass is 9.92. The Bertz CT molecular complexity index is 887. The molecule has 0 saturated carbocycles. The Morgan fingerprint density at radius 2 is 1.87 bits per heavy atom. The molecular weight excluding hydrogens is 394 g/mol. The van der Waals surface area contributed by atoms with Crippen LogP contribution in [0.3, 0.4) is 0 Å². The van der Waals surface area contributed by atoms with Gasteiger partial charge in [-0.05, 0) is 43.9 Å². The quantitative estimate of drug-likeness (QED) is 0.752. The second-order valence-electron chi connectivity index (χ2n) is 7.41. The summed E-state index contributed by atoms with van der Waals surface area (Å²) in [5, 5.41) is 5.62. The maximum absolute atomic E-state index is 13.6. The largest absolute Gasteiger partial charge is 0.370 e. The van der Waals surface area contributed by atoms with Gasteiger partial charge in [0.15, 0.2) is 0 Å². The molecule has 0 aliphatic carbocycles. The highest BCUT2D eigenvalue weighted by Gasteiger charge is 2.31. The molecule has 2 amide bonds. The second-order valence-corrected chi connectivity index (χ2v) is 7.41. The second kappa shape index (κ2) is 9.71. The Labute approximate surface area is 173 Å². The average Bonchev–Trinajstić information content (AvgIpc) is 2.67. The van der Waals surface area contributed by atoms with Crippen molar-refractivity contribution in [3.63, 3.8) is 0 Å². The van der Waals surface area contributed by atoms with Crippen molar-refractivity contribution in [1.29, 1.82) is 0 Å². The molecule has 160 valence electrons. The molecule has 2 N–H and O–H groups in total. The zero-order valence-corrected chi connectivity index (χ0v) is 16.8. The van der Waals surface area contributed by atoms with Crippen molar-refractivity contribution < 1.29 is 23.1 Å². The summed E-state index contributed by atoms with van der Waals surface area (Å²) in [6.07, 6.45) is 3.46. The summed E-state index contributed by atoms with van der Waals surface area (Å²) < 4.78 is 33.3. The minimum Gasteiger partial charge on any atom is -0.370 e. The van der Waals surface area contributed by atoms with E-state index < -0.39 is 17.7 Å². The van der Waals surface area contributed by atoms with Gasteiger partial charge in [-0.25, -0.2) is 13.8 Å². The molecule has 1 aromatic heterocycles. The highest BCUT2D eigenvalue weighted by Crippen LogP contribution is 2.33. The van der Waals surface area contributed by atoms with Crippen LogP contribution < -0.4 is 10.6 Å². The van der Waals surface area contributed by atoms with Crippen LogP contribution in [-0.2, 0) is 9.53 Å². The standard InChI is InChI=1S/C21H24F2N4O3/c1-12-10-26-19(11-25-12)21(29)24-4-3-18-8-17(27-13(2)28)9-20(30-18)14-5-15(22)7-16(23)6-14/h5-7,10-11,17-18,20H,3-4,8-9H2,1-2H3,(H,24,29)(H,27,28)/t17-,18+,20+/m0/s1. The summed E-state index contributed by atoms with van der Waals surface area (Å²) in [5.41, 5.74) is 1.31. The first kappa shape index (κ1) is 21.8. The Hall–Kier alpha value is -2.94. The number of nitrogens with zero attached hydrogens (tertiary/aromatic N) is 2. The van der Waals surface area contributed by atoms with E-state index in [1.807, 2.05) is 0 Å². The number of aromatic nitrogens is 2. The molecule has 2 heterocycles. The molecular formula is C21H24F2N4O3. The molecule has 1 saturated heterocycles. The molecule has 30 heavy (non-hydrogen) atoms. The number of aryl methyl sites for hydroxylation is 1. The Balaban J connectivity index is 1.62. The van der Waals surface area contributed by atoms with Gasteiger partial charge in [0.25, 0.3) is 5.91 Å². The van der Waals surface area contributed by atoms with Gasteiger partial charge >= 0.3 is 0 Å². The zero-order chi connectivity index (χ0) is 21.7. The molecule has 3 atom stereocenters. The maximum atomic E-state index is 13.6. The maximum Gasteiger partial charge on any atom is 0.271 e. The number of amides is 2. The van der Waals surface area contributed by atoms with E-state index in [0.29, 0.717) is 37.1 Å². The van der Waals surface area contributed by atoms with E-state index in [-0.39, 0.29) is 29.7 Å². The summed E-state index contributed by atoms with van der Waals surface area (Å²) in [6, 6.07) is 3.08. The number of rotatable bonds is 6. The molecule has 0 bridgehead atoms. The molecule has 1 aliphatic heterocycles. The SMILES string of the molecule is CC(=O)N[C@H]1C[C@@H](CCNC(=O)c2cnc(C)cn2)O[C@@H](c2cc(F)cc(F)c2)C1. The average molecular weight is 418 g/mol. The van der Waals surface area contributed by atoms with E-state index in [4.69, 9.17) is 4.74 Å². The third-order valence-electron chi connectivity index (χ3n) is 4.83. The highest BCUT2D eigenvalue weighted by molar-refractivity contribution is 5.91. The van der Waals surface area contributed by atoms with Crippen molar-refractivity contribution in [3.8, 4) is 0 Å². The first-order valence-electron chi connectivity index (χ1n) is 9.75. The van der Waals surface area contributed by atoms with E-state index in [2.05, 4.69) is 20.6 Å². The van der Waals surface area contributed by atoms with Crippen molar-refractivity contribution in [2.75, 3.05) is 6.54 Å². The van der Waals surface area contributed by atoms with Crippen molar-refractivity contribution in [2.24, 2.45) is 0 Å².